The van der Waals surface area contributed by atoms with Crippen LogP contribution in [0.2, 0.25) is 0 Å². The fraction of sp³-hybridized carbons (Fsp3) is 0.231. The summed E-state index contributed by atoms with van der Waals surface area (Å²) in [7, 11) is 0. The van der Waals surface area contributed by atoms with Crippen LogP contribution in [0, 0.1) is 47.1 Å². The average molecular weight is 468 g/mol. The number of anilines is 1. The molecule has 174 valence electrons. The van der Waals surface area contributed by atoms with Crippen molar-refractivity contribution in [1.82, 2.24) is 4.90 Å². The first kappa shape index (κ1) is 22.2. The Hall–Kier alpha value is -4.58. The van der Waals surface area contributed by atoms with Crippen LogP contribution in [0.5, 0.6) is 0 Å². The number of benzene rings is 2. The summed E-state index contributed by atoms with van der Waals surface area (Å²) in [4.78, 5) is 54.6. The van der Waals surface area contributed by atoms with Gasteiger partial charge >= 0.3 is 0 Å². The van der Waals surface area contributed by atoms with Gasteiger partial charge in [0.15, 0.2) is 5.78 Å². The van der Waals surface area contributed by atoms with E-state index in [0.29, 0.717) is 11.3 Å². The number of hydrogen-bond acceptors (Lipinski definition) is 7. The van der Waals surface area contributed by atoms with Gasteiger partial charge in [-0.05, 0) is 37.6 Å². The molecule has 5 rings (SSSR count). The van der Waals surface area contributed by atoms with E-state index in [2.05, 4.69) is 6.07 Å². The van der Waals surface area contributed by atoms with Crippen LogP contribution in [-0.2, 0) is 9.59 Å². The number of carbonyl (C=O) groups excluding carboxylic acids is 3. The van der Waals surface area contributed by atoms with E-state index in [0.717, 1.165) is 16.0 Å². The van der Waals surface area contributed by atoms with Gasteiger partial charge in [0.25, 0.3) is 5.69 Å². The van der Waals surface area contributed by atoms with Crippen molar-refractivity contribution in [2.24, 2.45) is 11.8 Å². The molecule has 2 fully saturated rings. The third kappa shape index (κ3) is 3.34. The van der Waals surface area contributed by atoms with Gasteiger partial charge in [0.1, 0.15) is 6.04 Å². The number of rotatable bonds is 4. The molecule has 2 amide bonds. The molecule has 0 spiro atoms. The first-order valence-electron chi connectivity index (χ1n) is 11.0. The lowest BCUT2D eigenvalue weighted by atomic mass is 9.86. The lowest BCUT2D eigenvalue weighted by molar-refractivity contribution is -0.384. The van der Waals surface area contributed by atoms with Crippen molar-refractivity contribution in [2.45, 2.75) is 25.9 Å². The molecule has 0 saturated carbocycles. The van der Waals surface area contributed by atoms with Crippen LogP contribution in [-0.4, -0.2) is 39.5 Å². The van der Waals surface area contributed by atoms with Gasteiger partial charge in [-0.2, -0.15) is 5.26 Å². The third-order valence-corrected chi connectivity index (χ3v) is 6.88. The maximum atomic E-state index is 13.8. The minimum Gasteiger partial charge on any atom is -0.359 e. The van der Waals surface area contributed by atoms with E-state index in [1.807, 2.05) is 26.0 Å². The van der Waals surface area contributed by atoms with Crippen LogP contribution >= 0.6 is 0 Å². The summed E-state index contributed by atoms with van der Waals surface area (Å²) in [6.45, 7) is 3.72. The van der Waals surface area contributed by atoms with Crippen molar-refractivity contribution < 1.29 is 19.3 Å². The summed E-state index contributed by atoms with van der Waals surface area (Å²) in [5.74, 6) is -3.29. The fourth-order valence-electron chi connectivity index (χ4n) is 5.36. The number of allylic oxidation sites excluding steroid dienone is 2. The normalized spacial score (nSPS) is 24.7. The Labute approximate surface area is 200 Å². The Bertz CT molecular complexity index is 1420. The SMILES string of the molecule is Cc1ccc(N2C(=O)[C@@H]3[C@H](C2=O)[C@H](C(=O)c2cccc([N+](=O)[O-])c2)N2C=CC(C#N)=C[C@@H]32)c(C)c1. The molecule has 0 bridgehead atoms. The maximum absolute atomic E-state index is 13.8. The predicted octanol–water partition coefficient (Wildman–Crippen LogP) is 3.23. The van der Waals surface area contributed by atoms with Gasteiger partial charge in [0.05, 0.1) is 40.1 Å². The molecule has 2 aromatic rings. The molecule has 3 heterocycles. The van der Waals surface area contributed by atoms with Crippen LogP contribution in [0.25, 0.3) is 0 Å². The second-order valence-electron chi connectivity index (χ2n) is 8.96. The number of carbonyl (C=O) groups is 3. The number of imide groups is 1. The highest BCUT2D eigenvalue weighted by Gasteiger charge is 2.63. The lowest BCUT2D eigenvalue weighted by Gasteiger charge is -2.32. The molecule has 4 atom stereocenters. The predicted molar refractivity (Wildman–Crippen MR) is 125 cm³/mol. The van der Waals surface area contributed by atoms with E-state index < -0.39 is 46.4 Å². The number of nitro groups is 1. The van der Waals surface area contributed by atoms with E-state index in [1.54, 1.807) is 23.2 Å². The minimum absolute atomic E-state index is 0.0808. The van der Waals surface area contributed by atoms with Gasteiger partial charge in [0.2, 0.25) is 11.8 Å². The molecule has 2 aromatic carbocycles. The Kier molecular flexibility index (Phi) is 5.09. The number of non-ortho nitro benzene ring substituents is 1. The van der Waals surface area contributed by atoms with E-state index in [-0.39, 0.29) is 11.3 Å². The summed E-state index contributed by atoms with van der Waals surface area (Å²) in [6, 6.07) is 11.1. The summed E-state index contributed by atoms with van der Waals surface area (Å²) in [6.07, 6.45) is 4.70. The molecule has 3 aliphatic heterocycles. The van der Waals surface area contributed by atoms with Gasteiger partial charge in [-0.25, -0.2) is 4.90 Å². The molecule has 9 nitrogen and oxygen atoms in total. The average Bonchev–Trinajstić information content (AvgIpc) is 3.31. The number of aryl methyl sites for hydroxylation is 2. The second-order valence-corrected chi connectivity index (χ2v) is 8.96. The summed E-state index contributed by atoms with van der Waals surface area (Å²) in [5, 5.41) is 20.7. The number of nitriles is 1. The number of Topliss-reactive ketones (excluding diaryl/α,β-unsaturated/α-hetero) is 1. The number of ketones is 1. The minimum atomic E-state index is -1.05. The maximum Gasteiger partial charge on any atom is 0.270 e. The van der Waals surface area contributed by atoms with Gasteiger partial charge in [-0.15, -0.1) is 0 Å². The highest BCUT2D eigenvalue weighted by atomic mass is 16.6. The second kappa shape index (κ2) is 8.02. The molecular formula is C26H20N4O5. The number of amides is 2. The first-order valence-corrected chi connectivity index (χ1v) is 11.0. The highest BCUT2D eigenvalue weighted by Crippen LogP contribution is 2.47. The molecule has 35 heavy (non-hydrogen) atoms. The van der Waals surface area contributed by atoms with Crippen molar-refractivity contribution in [3.63, 3.8) is 0 Å². The van der Waals surface area contributed by atoms with Gasteiger partial charge in [-0.1, -0.05) is 29.8 Å². The van der Waals surface area contributed by atoms with Crippen LogP contribution in [0.4, 0.5) is 11.4 Å². The van der Waals surface area contributed by atoms with Crippen LogP contribution < -0.4 is 4.90 Å². The Morgan fingerprint density at radius 2 is 1.83 bits per heavy atom. The van der Waals surface area contributed by atoms with Gasteiger partial charge in [-0.3, -0.25) is 24.5 Å². The quantitative estimate of drug-likeness (QED) is 0.292. The Morgan fingerprint density at radius 3 is 2.51 bits per heavy atom. The van der Waals surface area contributed by atoms with E-state index in [4.69, 9.17) is 0 Å². The molecule has 3 aliphatic rings. The first-order chi connectivity index (χ1) is 16.7. The van der Waals surface area contributed by atoms with Crippen LogP contribution in [0.1, 0.15) is 21.5 Å². The molecule has 0 aromatic heterocycles. The number of nitro benzene ring substituents is 1. The summed E-state index contributed by atoms with van der Waals surface area (Å²) >= 11 is 0. The van der Waals surface area contributed by atoms with Gasteiger partial charge in [0, 0.05) is 23.9 Å². The van der Waals surface area contributed by atoms with E-state index >= 15 is 0 Å². The molecule has 0 aliphatic carbocycles. The Balaban J connectivity index is 1.62. The standard InChI is InChI=1S/C26H20N4O5/c1-14-6-7-19(15(2)10-14)29-25(32)21-20-11-16(13-27)8-9-28(20)23(22(21)26(29)33)24(31)17-4-3-5-18(12-17)30(34)35/h3-12,20-23H,1-2H3/t20-,21-,22-,23+/m0/s1. The van der Waals surface area contributed by atoms with Crippen molar-refractivity contribution in [1.29, 1.82) is 5.26 Å². The van der Waals surface area contributed by atoms with E-state index in [9.17, 15) is 29.8 Å². The molecule has 0 N–H and O–H groups in total. The van der Waals surface area contributed by atoms with Crippen molar-refractivity contribution in [2.75, 3.05) is 4.90 Å². The van der Waals surface area contributed by atoms with Crippen LogP contribution in [0.3, 0.4) is 0 Å². The van der Waals surface area contributed by atoms with Crippen molar-refractivity contribution >= 4 is 29.0 Å². The lowest BCUT2D eigenvalue weighted by Crippen LogP contribution is -2.46. The zero-order chi connectivity index (χ0) is 25.0. The highest BCUT2D eigenvalue weighted by molar-refractivity contribution is 6.25. The van der Waals surface area contributed by atoms with Crippen molar-refractivity contribution in [3.8, 4) is 6.07 Å². The third-order valence-electron chi connectivity index (χ3n) is 6.88. The largest absolute Gasteiger partial charge is 0.359 e. The fourth-order valence-corrected chi connectivity index (χ4v) is 5.36. The number of hydrogen-bond donors (Lipinski definition) is 0. The smallest absolute Gasteiger partial charge is 0.270 e. The van der Waals surface area contributed by atoms with E-state index in [1.165, 1.54) is 30.3 Å². The number of nitrogens with zero attached hydrogens (tertiary/aromatic N) is 4. The molecule has 0 unspecified atom stereocenters. The zero-order valence-electron chi connectivity index (χ0n) is 18.9. The molecule has 2 saturated heterocycles. The topological polar surface area (TPSA) is 125 Å². The Morgan fingerprint density at radius 1 is 1.09 bits per heavy atom. The number of fused-ring (bicyclic) bond motifs is 3. The van der Waals surface area contributed by atoms with Gasteiger partial charge < -0.3 is 4.90 Å². The summed E-state index contributed by atoms with van der Waals surface area (Å²) < 4.78 is 0. The summed E-state index contributed by atoms with van der Waals surface area (Å²) in [5.41, 5.74) is 2.37. The zero-order valence-corrected chi connectivity index (χ0v) is 18.9. The molecule has 9 heteroatoms. The molecule has 0 radical (unpaired) electrons. The monoisotopic (exact) mass is 468 g/mol. The molecular weight excluding hydrogens is 448 g/mol. The van der Waals surface area contributed by atoms with Crippen LogP contribution in [0.15, 0.2) is 66.4 Å². The van der Waals surface area contributed by atoms with Crippen molar-refractivity contribution in [3.05, 3.63) is 93.2 Å².